The van der Waals surface area contributed by atoms with Gasteiger partial charge in [-0.05, 0) is 43.2 Å². The Kier molecular flexibility index (Phi) is 4.99. The van der Waals surface area contributed by atoms with Crippen LogP contribution in [0.25, 0.3) is 16.8 Å². The molecular weight excluding hydrogens is 276 g/mol. The van der Waals surface area contributed by atoms with Crippen LogP contribution in [0, 0.1) is 6.92 Å². The number of nitrogens with one attached hydrogen (secondary N) is 1. The van der Waals surface area contributed by atoms with Gasteiger partial charge in [-0.1, -0.05) is 19.9 Å². The Hall–Kier alpha value is -2.56. The molecule has 116 valence electrons. The predicted molar refractivity (Wildman–Crippen MR) is 90.3 cm³/mol. The summed E-state index contributed by atoms with van der Waals surface area (Å²) >= 11 is 0. The van der Waals surface area contributed by atoms with Crippen molar-refractivity contribution in [3.05, 3.63) is 42.2 Å². The van der Waals surface area contributed by atoms with E-state index in [4.69, 9.17) is 0 Å². The summed E-state index contributed by atoms with van der Waals surface area (Å²) in [4.78, 5) is 4.58. The first kappa shape index (κ1) is 15.8. The lowest BCUT2D eigenvalue weighted by Gasteiger charge is -2.05. The van der Waals surface area contributed by atoms with E-state index in [1.165, 1.54) is 0 Å². The third-order valence-electron chi connectivity index (χ3n) is 3.23. The second-order valence-corrected chi connectivity index (χ2v) is 4.67. The fourth-order valence-corrected chi connectivity index (χ4v) is 2.18. The zero-order chi connectivity index (χ0) is 16.1. The van der Waals surface area contributed by atoms with Gasteiger partial charge in [0.2, 0.25) is 0 Å². The average molecular weight is 298 g/mol. The van der Waals surface area contributed by atoms with Crippen LogP contribution in [0.3, 0.4) is 0 Å². The van der Waals surface area contributed by atoms with Gasteiger partial charge in [0.15, 0.2) is 5.65 Å². The summed E-state index contributed by atoms with van der Waals surface area (Å²) in [5.74, 6) is 1.13. The van der Waals surface area contributed by atoms with Crippen molar-refractivity contribution in [2.75, 3.05) is 11.9 Å². The number of aryl methyl sites for hydroxylation is 1. The van der Waals surface area contributed by atoms with E-state index in [0.29, 0.717) is 5.75 Å². The van der Waals surface area contributed by atoms with Crippen molar-refractivity contribution in [3.63, 3.8) is 0 Å². The lowest BCUT2D eigenvalue weighted by molar-refractivity contribution is 0.471. The second-order valence-electron chi connectivity index (χ2n) is 4.67. The molecule has 0 unspecified atom stereocenters. The number of phenolic OH excluding ortho intramolecular Hbond substituents is 1. The van der Waals surface area contributed by atoms with Gasteiger partial charge in [0, 0.05) is 18.3 Å². The van der Waals surface area contributed by atoms with E-state index in [1.807, 2.05) is 52.1 Å². The molecule has 0 radical (unpaired) electrons. The minimum atomic E-state index is 0.298. The van der Waals surface area contributed by atoms with Crippen LogP contribution in [0.15, 0.2) is 36.7 Å². The molecule has 2 N–H and O–H groups in total. The van der Waals surface area contributed by atoms with Gasteiger partial charge in [-0.15, -0.1) is 0 Å². The average Bonchev–Trinajstić information content (AvgIpc) is 2.96. The van der Waals surface area contributed by atoms with Crippen LogP contribution >= 0.6 is 0 Å². The number of fused-ring (bicyclic) bond motifs is 1. The van der Waals surface area contributed by atoms with Crippen molar-refractivity contribution in [1.82, 2.24) is 14.6 Å². The van der Waals surface area contributed by atoms with Crippen molar-refractivity contribution in [2.45, 2.75) is 27.7 Å². The maximum absolute atomic E-state index is 9.62. The highest BCUT2D eigenvalue weighted by Crippen LogP contribution is 2.28. The fourth-order valence-electron chi connectivity index (χ4n) is 2.18. The highest BCUT2D eigenvalue weighted by Gasteiger charge is 2.10. The summed E-state index contributed by atoms with van der Waals surface area (Å²) < 4.78 is 1.75. The number of hydrogen-bond donors (Lipinski definition) is 2. The topological polar surface area (TPSA) is 62.5 Å². The minimum Gasteiger partial charge on any atom is -0.508 e. The van der Waals surface area contributed by atoms with Crippen LogP contribution in [-0.4, -0.2) is 26.2 Å². The lowest BCUT2D eigenvalue weighted by Crippen LogP contribution is -2.01. The van der Waals surface area contributed by atoms with Crippen LogP contribution in [0.5, 0.6) is 5.75 Å². The van der Waals surface area contributed by atoms with E-state index in [9.17, 15) is 5.11 Å². The van der Waals surface area contributed by atoms with Gasteiger partial charge >= 0.3 is 0 Å². The van der Waals surface area contributed by atoms with Gasteiger partial charge in [-0.25, -0.2) is 9.50 Å². The number of aromatic nitrogens is 3. The Bertz CT molecular complexity index is 764. The number of benzene rings is 1. The molecule has 0 saturated carbocycles. The molecule has 0 aliphatic rings. The molecule has 2 aromatic heterocycles. The molecule has 3 rings (SSSR count). The fraction of sp³-hybridized carbons (Fsp3) is 0.294. The second kappa shape index (κ2) is 6.93. The molecule has 0 fully saturated rings. The number of phenols is 1. The Morgan fingerprint density at radius 1 is 1.23 bits per heavy atom. The molecule has 5 nitrogen and oxygen atoms in total. The molecule has 0 aliphatic heterocycles. The molecule has 1 aromatic carbocycles. The molecule has 0 saturated heterocycles. The van der Waals surface area contributed by atoms with Gasteiger partial charge < -0.3 is 10.4 Å². The van der Waals surface area contributed by atoms with Gasteiger partial charge in [-0.3, -0.25) is 0 Å². The van der Waals surface area contributed by atoms with Crippen LogP contribution in [0.2, 0.25) is 0 Å². The standard InChI is InChI=1S/C15H16N4O.C2H6/c1-3-16-14-6-7-19-15(18-14)12(9-17-19)11-4-5-13(20)10(2)8-11;1-2/h4-9,20H,3H2,1-2H3,(H,16,18);1-2H3. The maximum atomic E-state index is 9.62. The predicted octanol–water partition coefficient (Wildman–Crippen LogP) is 3.87. The summed E-state index contributed by atoms with van der Waals surface area (Å²) in [7, 11) is 0. The summed E-state index contributed by atoms with van der Waals surface area (Å²) in [5.41, 5.74) is 3.59. The molecule has 3 aromatic rings. The van der Waals surface area contributed by atoms with Crippen LogP contribution in [0.1, 0.15) is 26.3 Å². The van der Waals surface area contributed by atoms with E-state index in [1.54, 1.807) is 16.8 Å². The van der Waals surface area contributed by atoms with Crippen LogP contribution in [-0.2, 0) is 0 Å². The van der Waals surface area contributed by atoms with E-state index in [0.717, 1.165) is 34.7 Å². The zero-order valence-electron chi connectivity index (χ0n) is 13.5. The first-order valence-corrected chi connectivity index (χ1v) is 7.57. The van der Waals surface area contributed by atoms with Crippen molar-refractivity contribution < 1.29 is 5.11 Å². The van der Waals surface area contributed by atoms with Crippen LogP contribution in [0.4, 0.5) is 5.82 Å². The number of aromatic hydroxyl groups is 1. The number of anilines is 1. The smallest absolute Gasteiger partial charge is 0.165 e. The lowest BCUT2D eigenvalue weighted by atomic mass is 10.1. The van der Waals surface area contributed by atoms with E-state index in [2.05, 4.69) is 15.4 Å². The van der Waals surface area contributed by atoms with Crippen LogP contribution < -0.4 is 5.32 Å². The number of rotatable bonds is 3. The summed E-state index contributed by atoms with van der Waals surface area (Å²) in [6, 6.07) is 7.41. The largest absolute Gasteiger partial charge is 0.508 e. The van der Waals surface area contributed by atoms with Gasteiger partial charge in [0.25, 0.3) is 0 Å². The molecule has 0 atom stereocenters. The Labute approximate surface area is 130 Å². The Morgan fingerprint density at radius 3 is 2.68 bits per heavy atom. The summed E-state index contributed by atoms with van der Waals surface area (Å²) in [6.45, 7) is 8.74. The monoisotopic (exact) mass is 298 g/mol. The van der Waals surface area contributed by atoms with Crippen molar-refractivity contribution in [3.8, 4) is 16.9 Å². The summed E-state index contributed by atoms with van der Waals surface area (Å²) in [5, 5.41) is 17.1. The highest BCUT2D eigenvalue weighted by molar-refractivity contribution is 5.78. The van der Waals surface area contributed by atoms with Crippen molar-refractivity contribution in [1.29, 1.82) is 0 Å². The molecule has 0 aliphatic carbocycles. The van der Waals surface area contributed by atoms with Crippen molar-refractivity contribution in [2.24, 2.45) is 0 Å². The van der Waals surface area contributed by atoms with E-state index >= 15 is 0 Å². The van der Waals surface area contributed by atoms with E-state index < -0.39 is 0 Å². The molecule has 22 heavy (non-hydrogen) atoms. The maximum Gasteiger partial charge on any atom is 0.165 e. The third-order valence-corrected chi connectivity index (χ3v) is 3.23. The minimum absolute atomic E-state index is 0.298. The summed E-state index contributed by atoms with van der Waals surface area (Å²) in [6.07, 6.45) is 3.68. The normalized spacial score (nSPS) is 10.2. The SMILES string of the molecule is CC.CCNc1ccn2ncc(-c3ccc(O)c(C)c3)c2n1. The first-order chi connectivity index (χ1) is 10.7. The van der Waals surface area contributed by atoms with Gasteiger partial charge in [-0.2, -0.15) is 5.10 Å². The molecule has 0 bridgehead atoms. The molecule has 0 amide bonds. The zero-order valence-corrected chi connectivity index (χ0v) is 13.5. The van der Waals surface area contributed by atoms with Gasteiger partial charge in [0.1, 0.15) is 11.6 Å². The molecule has 0 spiro atoms. The first-order valence-electron chi connectivity index (χ1n) is 7.57. The third kappa shape index (κ3) is 3.03. The van der Waals surface area contributed by atoms with E-state index in [-0.39, 0.29) is 0 Å². The number of hydrogen-bond acceptors (Lipinski definition) is 4. The number of nitrogens with zero attached hydrogens (tertiary/aromatic N) is 3. The molecule has 5 heteroatoms. The Morgan fingerprint density at radius 2 is 2.00 bits per heavy atom. The quantitative estimate of drug-likeness (QED) is 0.770. The molecular formula is C17H22N4O. The van der Waals surface area contributed by atoms with Gasteiger partial charge in [0.05, 0.1) is 6.20 Å². The highest BCUT2D eigenvalue weighted by atomic mass is 16.3. The molecule has 2 heterocycles. The van der Waals surface area contributed by atoms with Crippen molar-refractivity contribution >= 4 is 11.5 Å². The Balaban J connectivity index is 0.000000847.